The lowest BCUT2D eigenvalue weighted by atomic mass is 9.92. The average molecular weight is 765 g/mol. The van der Waals surface area contributed by atoms with Gasteiger partial charge in [-0.05, 0) is 99.5 Å². The maximum atomic E-state index is 13.6. The number of aryl methyl sites for hydroxylation is 2. The summed E-state index contributed by atoms with van der Waals surface area (Å²) >= 11 is 5.06. The molecule has 4 heterocycles. The molecule has 0 radical (unpaired) electrons. The molecular weight excluding hydrogens is 717 g/mol. The number of ether oxygens (including phenoxy) is 1. The molecule has 6 aromatic rings. The van der Waals surface area contributed by atoms with Crippen molar-refractivity contribution in [1.29, 1.82) is 0 Å². The topological polar surface area (TPSA) is 107 Å². The first-order valence-corrected chi connectivity index (χ1v) is 20.0. The predicted octanol–water partition coefficient (Wildman–Crippen LogP) is 9.38. The molecule has 2 aliphatic rings. The van der Waals surface area contributed by atoms with Crippen molar-refractivity contribution in [1.82, 2.24) is 29.7 Å². The zero-order chi connectivity index (χ0) is 38.8. The Morgan fingerprint density at radius 2 is 1.46 bits per heavy atom. The quantitative estimate of drug-likeness (QED) is 0.114. The molecule has 4 aromatic carbocycles. The number of H-pyrrole nitrogens is 2. The number of aromatic amines is 2. The number of rotatable bonds is 11. The summed E-state index contributed by atoms with van der Waals surface area (Å²) in [7, 11) is 0. The van der Waals surface area contributed by atoms with E-state index in [1.165, 1.54) is 0 Å². The van der Waals surface area contributed by atoms with Crippen molar-refractivity contribution in [2.75, 3.05) is 13.1 Å². The normalized spacial score (nSPS) is 18.7. The molecule has 2 fully saturated rings. The highest BCUT2D eigenvalue weighted by molar-refractivity contribution is 7.80. The average Bonchev–Trinajstić information content (AvgIpc) is 4.02. The van der Waals surface area contributed by atoms with Gasteiger partial charge in [0.15, 0.2) is 0 Å². The number of thiol groups is 1. The summed E-state index contributed by atoms with van der Waals surface area (Å²) in [6, 6.07) is 32.1. The van der Waals surface area contributed by atoms with Crippen LogP contribution < -0.4 is 4.74 Å². The van der Waals surface area contributed by atoms with Crippen LogP contribution in [0.2, 0.25) is 0 Å². The first-order chi connectivity index (χ1) is 27.1. The minimum Gasteiger partial charge on any atom is -0.457 e. The smallest absolute Gasteiger partial charge is 0.227 e. The predicted molar refractivity (Wildman–Crippen MR) is 223 cm³/mol. The minimum absolute atomic E-state index is 0.0559. The van der Waals surface area contributed by atoms with Crippen molar-refractivity contribution in [3.8, 4) is 34.0 Å². The van der Waals surface area contributed by atoms with Gasteiger partial charge in [0.25, 0.3) is 0 Å². The summed E-state index contributed by atoms with van der Waals surface area (Å²) in [5.74, 6) is 3.21. The molecule has 3 unspecified atom stereocenters. The van der Waals surface area contributed by atoms with E-state index in [2.05, 4.69) is 42.0 Å². The van der Waals surface area contributed by atoms with Crippen LogP contribution in [0.15, 0.2) is 109 Å². The Labute approximate surface area is 334 Å². The van der Waals surface area contributed by atoms with Gasteiger partial charge in [-0.2, -0.15) is 12.6 Å². The summed E-state index contributed by atoms with van der Waals surface area (Å²) < 4.78 is 6.30. The zero-order valence-electron chi connectivity index (χ0n) is 32.2. The fraction of sp³-hybridized carbons (Fsp3) is 0.304. The second-order valence-electron chi connectivity index (χ2n) is 15.5. The molecule has 2 N–H and O–H groups in total. The van der Waals surface area contributed by atoms with E-state index in [0.717, 1.165) is 88.6 Å². The van der Waals surface area contributed by atoms with Crippen LogP contribution in [0.3, 0.4) is 0 Å². The van der Waals surface area contributed by atoms with E-state index < -0.39 is 5.54 Å². The molecule has 56 heavy (non-hydrogen) atoms. The number of likely N-dealkylation sites (tertiary alicyclic amines) is 2. The first kappa shape index (κ1) is 37.3. The van der Waals surface area contributed by atoms with Crippen LogP contribution in [0.5, 0.6) is 11.5 Å². The van der Waals surface area contributed by atoms with Gasteiger partial charge in [0.05, 0.1) is 53.5 Å². The summed E-state index contributed by atoms with van der Waals surface area (Å²) in [6.45, 7) is 7.68. The van der Waals surface area contributed by atoms with Crippen molar-refractivity contribution >= 4 is 24.4 Å². The van der Waals surface area contributed by atoms with E-state index in [4.69, 9.17) is 27.3 Å². The molecule has 9 nitrogen and oxygen atoms in total. The van der Waals surface area contributed by atoms with Gasteiger partial charge >= 0.3 is 0 Å². The van der Waals surface area contributed by atoms with Crippen LogP contribution in [0.25, 0.3) is 22.5 Å². The lowest BCUT2D eigenvalue weighted by molar-refractivity contribution is -0.134. The Balaban J connectivity index is 0.904. The van der Waals surface area contributed by atoms with E-state index in [9.17, 15) is 9.59 Å². The summed E-state index contributed by atoms with van der Waals surface area (Å²) in [5, 5.41) is -0.285. The summed E-state index contributed by atoms with van der Waals surface area (Å²) in [4.78, 5) is 47.3. The van der Waals surface area contributed by atoms with Gasteiger partial charge < -0.3 is 24.5 Å². The second kappa shape index (κ2) is 15.9. The van der Waals surface area contributed by atoms with E-state index in [1.807, 2.05) is 108 Å². The highest BCUT2D eigenvalue weighted by Gasteiger charge is 2.45. The molecule has 3 atom stereocenters. The molecule has 0 aliphatic carbocycles. The Bertz CT molecular complexity index is 2350. The standard InChI is InChI=1S/C46H48N6O3S/c1-30-9-4-11-32(23-30)25-41(53)51-21-7-15-40(51)44-47-28-38(49-44)34-16-18-36(19-17-34)55-37-14-6-13-35(27-37)39-29-48-45(50-39)43(56)46(3)20-8-22-52(46)42(54)26-33-12-5-10-31(2)24-33/h4-6,9-14,16-19,23-24,27-29,40,43,56H,7-8,15,20-22,25-26H2,1-3H3,(H,47,49)(H,48,50). The number of carbonyl (C=O) groups excluding carboxylic acids is 2. The van der Waals surface area contributed by atoms with Gasteiger partial charge in [-0.25, -0.2) is 9.97 Å². The van der Waals surface area contributed by atoms with E-state index in [1.54, 1.807) is 0 Å². The SMILES string of the molecule is Cc1cccc(CC(=O)N2CCCC2c2ncc(-c3ccc(Oc4cccc(-c5cnc(C(S)C6(C)CCCN6C(=O)Cc6cccc(C)c6)[nH]5)c4)cc3)[nH]2)c1. The molecule has 2 aromatic heterocycles. The van der Waals surface area contributed by atoms with Gasteiger partial charge in [-0.1, -0.05) is 71.8 Å². The fourth-order valence-corrected chi connectivity index (χ4v) is 8.75. The summed E-state index contributed by atoms with van der Waals surface area (Å²) in [5.41, 5.74) is 7.58. The van der Waals surface area contributed by atoms with Crippen LogP contribution in [0.4, 0.5) is 0 Å². The number of amides is 2. The van der Waals surface area contributed by atoms with Crippen molar-refractivity contribution < 1.29 is 14.3 Å². The zero-order valence-corrected chi connectivity index (χ0v) is 33.1. The Morgan fingerprint density at radius 3 is 2.20 bits per heavy atom. The monoisotopic (exact) mass is 764 g/mol. The molecule has 0 spiro atoms. The van der Waals surface area contributed by atoms with Crippen LogP contribution >= 0.6 is 12.6 Å². The van der Waals surface area contributed by atoms with Crippen LogP contribution in [-0.2, 0) is 22.4 Å². The molecule has 2 saturated heterocycles. The second-order valence-corrected chi connectivity index (χ2v) is 16.0. The first-order valence-electron chi connectivity index (χ1n) is 19.5. The number of carbonyl (C=O) groups is 2. The van der Waals surface area contributed by atoms with Gasteiger partial charge in [0.1, 0.15) is 23.1 Å². The number of benzene rings is 4. The van der Waals surface area contributed by atoms with E-state index in [-0.39, 0.29) is 23.1 Å². The molecule has 10 heteroatoms. The third kappa shape index (κ3) is 7.89. The lowest BCUT2D eigenvalue weighted by Crippen LogP contribution is -2.48. The van der Waals surface area contributed by atoms with Crippen molar-refractivity contribution in [2.24, 2.45) is 0 Å². The van der Waals surface area contributed by atoms with Crippen LogP contribution in [-0.4, -0.2) is 60.2 Å². The Kier molecular flexibility index (Phi) is 10.6. The van der Waals surface area contributed by atoms with Crippen molar-refractivity contribution in [3.63, 3.8) is 0 Å². The van der Waals surface area contributed by atoms with E-state index in [0.29, 0.717) is 30.9 Å². The number of imidazole rings is 2. The van der Waals surface area contributed by atoms with Gasteiger partial charge in [0.2, 0.25) is 11.8 Å². The molecular formula is C46H48N6O3S. The fourth-order valence-electron chi connectivity index (χ4n) is 8.35. The number of aromatic nitrogens is 4. The van der Waals surface area contributed by atoms with E-state index >= 15 is 0 Å². The van der Waals surface area contributed by atoms with Crippen LogP contribution in [0.1, 0.15) is 77.8 Å². The maximum absolute atomic E-state index is 13.6. The Hall–Kier alpha value is -5.61. The van der Waals surface area contributed by atoms with Gasteiger partial charge in [-0.15, -0.1) is 0 Å². The molecule has 0 saturated carbocycles. The number of nitrogens with zero attached hydrogens (tertiary/aromatic N) is 4. The molecule has 286 valence electrons. The number of hydrogen-bond donors (Lipinski definition) is 3. The van der Waals surface area contributed by atoms with Crippen molar-refractivity contribution in [2.45, 2.75) is 76.1 Å². The highest BCUT2D eigenvalue weighted by atomic mass is 32.1. The molecule has 2 amide bonds. The minimum atomic E-state index is -0.467. The highest BCUT2D eigenvalue weighted by Crippen LogP contribution is 2.43. The molecule has 2 aliphatic heterocycles. The maximum Gasteiger partial charge on any atom is 0.227 e. The third-order valence-corrected chi connectivity index (χ3v) is 12.1. The summed E-state index contributed by atoms with van der Waals surface area (Å²) in [6.07, 6.45) is 8.08. The van der Waals surface area contributed by atoms with Gasteiger partial charge in [0, 0.05) is 18.7 Å². The van der Waals surface area contributed by atoms with Crippen molar-refractivity contribution in [3.05, 3.63) is 143 Å². The molecule has 8 rings (SSSR count). The lowest BCUT2D eigenvalue weighted by Gasteiger charge is -2.39. The Morgan fingerprint density at radius 1 is 0.786 bits per heavy atom. The largest absolute Gasteiger partial charge is 0.457 e. The van der Waals surface area contributed by atoms with Crippen LogP contribution in [0, 0.1) is 13.8 Å². The molecule has 0 bridgehead atoms. The van der Waals surface area contributed by atoms with Gasteiger partial charge in [-0.3, -0.25) is 9.59 Å². The third-order valence-electron chi connectivity index (χ3n) is 11.3. The number of hydrogen-bond acceptors (Lipinski definition) is 6. The number of nitrogens with one attached hydrogen (secondary N) is 2.